The summed E-state index contributed by atoms with van der Waals surface area (Å²) in [6.07, 6.45) is 1.32. The molecule has 1 aliphatic rings. The van der Waals surface area contributed by atoms with Crippen LogP contribution in [0, 0.1) is 0 Å². The van der Waals surface area contributed by atoms with Crippen LogP contribution in [-0.4, -0.2) is 54.2 Å². The van der Waals surface area contributed by atoms with Crippen molar-refractivity contribution >= 4 is 5.78 Å². The van der Waals surface area contributed by atoms with E-state index in [1.807, 2.05) is 30.3 Å². The molecular weight excluding hydrogens is 254 g/mol. The second kappa shape index (κ2) is 7.53. The van der Waals surface area contributed by atoms with Crippen molar-refractivity contribution in [2.75, 3.05) is 26.3 Å². The second-order valence-electron chi connectivity index (χ2n) is 5.37. The summed E-state index contributed by atoms with van der Waals surface area (Å²) in [5.41, 5.74) is 0.788. The fourth-order valence-electron chi connectivity index (χ4n) is 2.51. The molecule has 0 amide bonds. The van der Waals surface area contributed by atoms with E-state index in [1.165, 1.54) is 0 Å². The maximum absolute atomic E-state index is 12.0. The number of carbonyl (C=O) groups is 1. The molecule has 1 aromatic rings. The zero-order valence-corrected chi connectivity index (χ0v) is 12.0. The highest BCUT2D eigenvalue weighted by Crippen LogP contribution is 2.13. The van der Waals surface area contributed by atoms with E-state index < -0.39 is 0 Å². The first-order valence-electron chi connectivity index (χ1n) is 7.25. The smallest absolute Gasteiger partial charge is 0.162 e. The molecule has 2 atom stereocenters. The van der Waals surface area contributed by atoms with Gasteiger partial charge in [-0.15, -0.1) is 0 Å². The van der Waals surface area contributed by atoms with Crippen molar-refractivity contribution in [1.29, 1.82) is 0 Å². The van der Waals surface area contributed by atoms with Crippen LogP contribution in [0.5, 0.6) is 0 Å². The van der Waals surface area contributed by atoms with E-state index in [1.54, 1.807) is 0 Å². The summed E-state index contributed by atoms with van der Waals surface area (Å²) in [4.78, 5) is 14.3. The maximum Gasteiger partial charge on any atom is 0.162 e. The zero-order valence-electron chi connectivity index (χ0n) is 12.0. The average molecular weight is 277 g/mol. The molecule has 0 radical (unpaired) electrons. The average Bonchev–Trinajstić information content (AvgIpc) is 2.50. The molecule has 20 heavy (non-hydrogen) atoms. The van der Waals surface area contributed by atoms with Crippen LogP contribution < -0.4 is 0 Å². The van der Waals surface area contributed by atoms with E-state index in [9.17, 15) is 4.79 Å². The number of aliphatic hydroxyl groups excluding tert-OH is 1. The summed E-state index contributed by atoms with van der Waals surface area (Å²) in [5.74, 6) is 0.199. The number of aliphatic hydroxyl groups is 1. The van der Waals surface area contributed by atoms with Crippen LogP contribution in [0.2, 0.25) is 0 Å². The van der Waals surface area contributed by atoms with Gasteiger partial charge >= 0.3 is 0 Å². The molecule has 0 aromatic heterocycles. The molecule has 2 unspecified atom stereocenters. The van der Waals surface area contributed by atoms with Gasteiger partial charge < -0.3 is 9.84 Å². The summed E-state index contributed by atoms with van der Waals surface area (Å²) in [6, 6.07) is 9.78. The zero-order chi connectivity index (χ0) is 14.4. The van der Waals surface area contributed by atoms with Gasteiger partial charge in [0.25, 0.3) is 0 Å². The van der Waals surface area contributed by atoms with Crippen LogP contribution in [0.3, 0.4) is 0 Å². The van der Waals surface area contributed by atoms with Gasteiger partial charge in [0.05, 0.1) is 19.3 Å². The lowest BCUT2D eigenvalue weighted by Gasteiger charge is -2.37. The number of rotatable bonds is 6. The Morgan fingerprint density at radius 3 is 2.85 bits per heavy atom. The molecule has 4 nitrogen and oxygen atoms in total. The van der Waals surface area contributed by atoms with Crippen LogP contribution in [-0.2, 0) is 4.74 Å². The second-order valence-corrected chi connectivity index (χ2v) is 5.37. The molecule has 1 N–H and O–H groups in total. The van der Waals surface area contributed by atoms with Crippen molar-refractivity contribution in [3.63, 3.8) is 0 Å². The Balaban J connectivity index is 1.76. The highest BCUT2D eigenvalue weighted by atomic mass is 16.5. The van der Waals surface area contributed by atoms with Gasteiger partial charge in [0.1, 0.15) is 0 Å². The number of morpholine rings is 1. The maximum atomic E-state index is 12.0. The van der Waals surface area contributed by atoms with Crippen LogP contribution in [0.4, 0.5) is 0 Å². The summed E-state index contributed by atoms with van der Waals surface area (Å²) >= 11 is 0. The molecule has 1 heterocycles. The third kappa shape index (κ3) is 4.13. The van der Waals surface area contributed by atoms with Crippen molar-refractivity contribution < 1.29 is 14.6 Å². The van der Waals surface area contributed by atoms with Gasteiger partial charge in [-0.2, -0.15) is 0 Å². The summed E-state index contributed by atoms with van der Waals surface area (Å²) in [6.45, 7) is 4.45. The molecule has 0 spiro atoms. The quantitative estimate of drug-likeness (QED) is 0.805. The number of nitrogens with zero attached hydrogens (tertiary/aromatic N) is 1. The molecule has 1 aromatic carbocycles. The third-order valence-corrected chi connectivity index (χ3v) is 3.78. The molecule has 0 saturated carbocycles. The molecule has 0 bridgehead atoms. The van der Waals surface area contributed by atoms with Crippen molar-refractivity contribution in [1.82, 2.24) is 4.90 Å². The van der Waals surface area contributed by atoms with Gasteiger partial charge in [-0.05, 0) is 19.9 Å². The SMILES string of the molecule is CC1COC(CO)CN1CCCC(=O)c1ccccc1. The summed E-state index contributed by atoms with van der Waals surface area (Å²) in [7, 11) is 0. The molecular formula is C16H23NO3. The number of ether oxygens (including phenoxy) is 1. The standard InChI is InChI=1S/C16H23NO3/c1-13-12-20-15(11-18)10-17(13)9-5-8-16(19)14-6-3-2-4-7-14/h2-4,6-7,13,15,18H,5,8-12H2,1H3. The number of ketones is 1. The Hall–Kier alpha value is -1.23. The topological polar surface area (TPSA) is 49.8 Å². The van der Waals surface area contributed by atoms with Crippen molar-refractivity contribution in [3.8, 4) is 0 Å². The van der Waals surface area contributed by atoms with E-state index in [2.05, 4.69) is 11.8 Å². The minimum atomic E-state index is -0.0870. The van der Waals surface area contributed by atoms with E-state index in [4.69, 9.17) is 9.84 Å². The normalized spacial score (nSPS) is 23.7. The minimum Gasteiger partial charge on any atom is -0.394 e. The van der Waals surface area contributed by atoms with Crippen LogP contribution >= 0.6 is 0 Å². The minimum absolute atomic E-state index is 0.0617. The molecule has 1 aliphatic heterocycles. The Kier molecular flexibility index (Phi) is 5.71. The van der Waals surface area contributed by atoms with Gasteiger partial charge in [0, 0.05) is 24.6 Å². The van der Waals surface area contributed by atoms with Crippen LogP contribution in [0.1, 0.15) is 30.1 Å². The van der Waals surface area contributed by atoms with E-state index in [0.717, 1.165) is 25.1 Å². The van der Waals surface area contributed by atoms with Gasteiger partial charge in [-0.1, -0.05) is 30.3 Å². The summed E-state index contributed by atoms with van der Waals surface area (Å²) < 4.78 is 5.51. The predicted octanol–water partition coefficient (Wildman–Crippen LogP) is 1.73. The third-order valence-electron chi connectivity index (χ3n) is 3.78. The Bertz CT molecular complexity index is 421. The van der Waals surface area contributed by atoms with Gasteiger partial charge in [0.15, 0.2) is 5.78 Å². The van der Waals surface area contributed by atoms with E-state index in [-0.39, 0.29) is 18.5 Å². The van der Waals surface area contributed by atoms with E-state index in [0.29, 0.717) is 19.1 Å². The monoisotopic (exact) mass is 277 g/mol. The Morgan fingerprint density at radius 1 is 1.40 bits per heavy atom. The van der Waals surface area contributed by atoms with E-state index >= 15 is 0 Å². The molecule has 110 valence electrons. The first kappa shape index (κ1) is 15.2. The number of hydrogen-bond acceptors (Lipinski definition) is 4. The Morgan fingerprint density at radius 2 is 2.15 bits per heavy atom. The predicted molar refractivity (Wildman–Crippen MR) is 77.9 cm³/mol. The molecule has 2 rings (SSSR count). The fourth-order valence-corrected chi connectivity index (χ4v) is 2.51. The van der Waals surface area contributed by atoms with Crippen LogP contribution in [0.15, 0.2) is 30.3 Å². The van der Waals surface area contributed by atoms with Crippen molar-refractivity contribution in [3.05, 3.63) is 35.9 Å². The lowest BCUT2D eigenvalue weighted by molar-refractivity contribution is -0.0778. The number of carbonyl (C=O) groups excluding carboxylic acids is 1. The number of Topliss-reactive ketones (excluding diaryl/α,β-unsaturated/α-hetero) is 1. The lowest BCUT2D eigenvalue weighted by Crippen LogP contribution is -2.49. The first-order valence-corrected chi connectivity index (χ1v) is 7.25. The molecule has 1 saturated heterocycles. The van der Waals surface area contributed by atoms with Crippen LogP contribution in [0.25, 0.3) is 0 Å². The molecule has 4 heteroatoms. The fraction of sp³-hybridized carbons (Fsp3) is 0.562. The van der Waals surface area contributed by atoms with Gasteiger partial charge in [0.2, 0.25) is 0 Å². The highest BCUT2D eigenvalue weighted by molar-refractivity contribution is 5.95. The van der Waals surface area contributed by atoms with Crippen molar-refractivity contribution in [2.45, 2.75) is 31.9 Å². The lowest BCUT2D eigenvalue weighted by atomic mass is 10.1. The number of hydrogen-bond donors (Lipinski definition) is 1. The van der Waals surface area contributed by atoms with Gasteiger partial charge in [-0.25, -0.2) is 0 Å². The van der Waals surface area contributed by atoms with Gasteiger partial charge in [-0.3, -0.25) is 9.69 Å². The molecule has 1 fully saturated rings. The first-order chi connectivity index (χ1) is 9.70. The Labute approximate surface area is 120 Å². The van der Waals surface area contributed by atoms with Crippen molar-refractivity contribution in [2.24, 2.45) is 0 Å². The summed E-state index contributed by atoms with van der Waals surface area (Å²) in [5, 5.41) is 9.15. The molecule has 0 aliphatic carbocycles. The highest BCUT2D eigenvalue weighted by Gasteiger charge is 2.25. The number of benzene rings is 1. The largest absolute Gasteiger partial charge is 0.394 e.